The third kappa shape index (κ3) is 6.62. The van der Waals surface area contributed by atoms with Gasteiger partial charge in [-0.2, -0.15) is 0 Å². The number of unbranched alkanes of at least 4 members (excludes halogenated alkanes) is 6. The van der Waals surface area contributed by atoms with Crippen LogP contribution in [0.15, 0.2) is 17.1 Å². The quantitative estimate of drug-likeness (QED) is 0.307. The van der Waals surface area contributed by atoms with E-state index in [2.05, 4.69) is 26.0 Å². The Kier molecular flexibility index (Phi) is 10.4. The van der Waals surface area contributed by atoms with E-state index in [4.69, 9.17) is 4.99 Å². The molecule has 0 aromatic heterocycles. The Morgan fingerprint density at radius 3 is 2.45 bits per heavy atom. The predicted octanol–water partition coefficient (Wildman–Crippen LogP) is 4.31. The molecule has 0 spiro atoms. The Hall–Kier alpha value is -0.670. The third-order valence-electron chi connectivity index (χ3n) is 4.92. The number of hydrogen-bond acceptors (Lipinski definition) is 2. The first kappa shape index (κ1) is 19.4. The first-order valence-corrected chi connectivity index (χ1v) is 9.45. The molecule has 1 aliphatic rings. The molecule has 0 aliphatic carbocycles. The van der Waals surface area contributed by atoms with Crippen LogP contribution in [-0.4, -0.2) is 48.2 Å². The molecule has 0 aromatic rings. The molecule has 22 heavy (non-hydrogen) atoms. The molecule has 1 atom stereocenters. The van der Waals surface area contributed by atoms with Crippen molar-refractivity contribution < 1.29 is 9.59 Å². The average molecular weight is 310 g/mol. The van der Waals surface area contributed by atoms with Crippen molar-refractivity contribution in [1.29, 1.82) is 0 Å². The van der Waals surface area contributed by atoms with Crippen molar-refractivity contribution in [3.8, 4) is 0 Å². The molecule has 1 N–H and O–H groups in total. The maximum absolute atomic E-state index is 9.31. The second-order valence-corrected chi connectivity index (χ2v) is 6.50. The van der Waals surface area contributed by atoms with Crippen LogP contribution in [0.2, 0.25) is 0 Å². The van der Waals surface area contributed by atoms with Crippen LogP contribution in [0.25, 0.3) is 0 Å². The summed E-state index contributed by atoms with van der Waals surface area (Å²) in [5, 5.41) is 9.31. The minimum Gasteiger partial charge on any atom is -0.390 e. The lowest BCUT2D eigenvalue weighted by Crippen LogP contribution is -2.52. The van der Waals surface area contributed by atoms with Crippen LogP contribution >= 0.6 is 0 Å². The molecule has 0 amide bonds. The molecule has 3 heteroatoms. The maximum atomic E-state index is 9.31. The molecule has 0 saturated carbocycles. The highest BCUT2D eigenvalue weighted by atomic mass is 16.3. The van der Waals surface area contributed by atoms with Crippen molar-refractivity contribution in [3.63, 3.8) is 0 Å². The lowest BCUT2D eigenvalue weighted by atomic mass is 10.1. The Morgan fingerprint density at radius 2 is 1.77 bits per heavy atom. The maximum Gasteiger partial charge on any atom is 0.198 e. The summed E-state index contributed by atoms with van der Waals surface area (Å²) >= 11 is 0. The second kappa shape index (κ2) is 11.8. The molecule has 0 bridgehead atoms. The third-order valence-corrected chi connectivity index (χ3v) is 4.92. The van der Waals surface area contributed by atoms with Crippen molar-refractivity contribution in [2.45, 2.75) is 71.6 Å². The SMILES string of the molecule is CCCC/C=C/CCCCCCC1=NCC[N+]1(CC)CCO. The number of quaternary nitrogens is 1. The van der Waals surface area contributed by atoms with E-state index in [9.17, 15) is 5.11 Å². The van der Waals surface area contributed by atoms with Crippen molar-refractivity contribution in [2.75, 3.05) is 32.8 Å². The first-order chi connectivity index (χ1) is 10.8. The molecule has 0 aromatic carbocycles. The smallest absolute Gasteiger partial charge is 0.198 e. The zero-order valence-corrected chi connectivity index (χ0v) is 14.9. The summed E-state index contributed by atoms with van der Waals surface area (Å²) in [7, 11) is 0. The number of rotatable bonds is 13. The highest BCUT2D eigenvalue weighted by molar-refractivity contribution is 5.76. The van der Waals surface area contributed by atoms with E-state index < -0.39 is 0 Å². The van der Waals surface area contributed by atoms with Gasteiger partial charge in [0, 0.05) is 6.42 Å². The van der Waals surface area contributed by atoms with Gasteiger partial charge < -0.3 is 5.11 Å². The molecule has 1 heterocycles. The van der Waals surface area contributed by atoms with Crippen LogP contribution in [0.5, 0.6) is 0 Å². The standard InChI is InChI=1S/C19H37N2O/c1-3-5-6-7-8-9-10-11-12-13-14-19-20-15-16-21(19,4-2)17-18-22/h7-8,22H,3-6,9-18H2,1-2H3/q+1/b8-7+. The number of allylic oxidation sites excluding steroid dienone is 2. The van der Waals surface area contributed by atoms with Gasteiger partial charge >= 0.3 is 0 Å². The van der Waals surface area contributed by atoms with Crippen LogP contribution in [0, 0.1) is 0 Å². The van der Waals surface area contributed by atoms with Gasteiger partial charge in [-0.15, -0.1) is 0 Å². The Bertz CT molecular complexity index is 338. The molecular weight excluding hydrogens is 272 g/mol. The Balaban J connectivity index is 2.10. The van der Waals surface area contributed by atoms with Crippen LogP contribution in [0.4, 0.5) is 0 Å². The molecule has 1 aliphatic heterocycles. The Morgan fingerprint density at radius 1 is 1.05 bits per heavy atom. The van der Waals surface area contributed by atoms with Gasteiger partial charge in [-0.05, 0) is 32.6 Å². The number of aliphatic imine (C=N–C) groups is 1. The molecular formula is C19H37N2O+. The van der Waals surface area contributed by atoms with Gasteiger partial charge in [0.15, 0.2) is 5.84 Å². The van der Waals surface area contributed by atoms with Crippen molar-refractivity contribution in [3.05, 3.63) is 12.2 Å². The van der Waals surface area contributed by atoms with Crippen molar-refractivity contribution in [1.82, 2.24) is 0 Å². The Labute approximate surface area is 137 Å². The molecule has 3 nitrogen and oxygen atoms in total. The zero-order chi connectivity index (χ0) is 16.1. The molecule has 1 unspecified atom stereocenters. The second-order valence-electron chi connectivity index (χ2n) is 6.50. The van der Waals surface area contributed by atoms with E-state index in [1.165, 1.54) is 57.2 Å². The van der Waals surface area contributed by atoms with Crippen LogP contribution in [0.3, 0.4) is 0 Å². The lowest BCUT2D eigenvalue weighted by Gasteiger charge is -2.33. The minimum atomic E-state index is 0.275. The van der Waals surface area contributed by atoms with Gasteiger partial charge in [0.25, 0.3) is 0 Å². The highest BCUT2D eigenvalue weighted by Crippen LogP contribution is 2.19. The summed E-state index contributed by atoms with van der Waals surface area (Å²) in [6, 6.07) is 0. The molecule has 1 rings (SSSR count). The van der Waals surface area contributed by atoms with Gasteiger partial charge in [0.1, 0.15) is 13.1 Å². The van der Waals surface area contributed by atoms with Crippen molar-refractivity contribution in [2.24, 2.45) is 4.99 Å². The fourth-order valence-corrected chi connectivity index (χ4v) is 3.35. The summed E-state index contributed by atoms with van der Waals surface area (Å²) in [6.45, 7) is 8.70. The van der Waals surface area contributed by atoms with E-state index in [0.29, 0.717) is 0 Å². The number of aliphatic hydroxyl groups is 1. The molecule has 0 saturated heterocycles. The number of nitrogens with zero attached hydrogens (tertiary/aromatic N) is 2. The van der Waals surface area contributed by atoms with E-state index in [1.807, 2.05) is 0 Å². The van der Waals surface area contributed by atoms with E-state index in [-0.39, 0.29) is 6.61 Å². The van der Waals surface area contributed by atoms with E-state index in [0.717, 1.165) is 37.1 Å². The number of hydrogen-bond donors (Lipinski definition) is 1. The minimum absolute atomic E-state index is 0.275. The lowest BCUT2D eigenvalue weighted by molar-refractivity contribution is -0.835. The van der Waals surface area contributed by atoms with Gasteiger partial charge in [-0.1, -0.05) is 44.8 Å². The monoisotopic (exact) mass is 309 g/mol. The number of likely N-dealkylation sites (N-methyl/N-ethyl adjacent to an activating group) is 1. The normalized spacial score (nSPS) is 21.7. The average Bonchev–Trinajstić information content (AvgIpc) is 2.93. The highest BCUT2D eigenvalue weighted by Gasteiger charge is 2.35. The molecule has 128 valence electrons. The summed E-state index contributed by atoms with van der Waals surface area (Å²) in [6.07, 6.45) is 16.1. The molecule has 0 radical (unpaired) electrons. The zero-order valence-electron chi connectivity index (χ0n) is 14.9. The van der Waals surface area contributed by atoms with Crippen LogP contribution < -0.4 is 0 Å². The largest absolute Gasteiger partial charge is 0.390 e. The predicted molar refractivity (Wildman–Crippen MR) is 96.3 cm³/mol. The molecule has 0 fully saturated rings. The topological polar surface area (TPSA) is 32.6 Å². The summed E-state index contributed by atoms with van der Waals surface area (Å²) in [4.78, 5) is 4.72. The van der Waals surface area contributed by atoms with Gasteiger partial charge in [0.05, 0.1) is 19.7 Å². The number of amidine groups is 1. The fourth-order valence-electron chi connectivity index (χ4n) is 3.35. The van der Waals surface area contributed by atoms with Gasteiger partial charge in [-0.25, -0.2) is 4.99 Å². The number of aliphatic hydroxyl groups excluding tert-OH is 1. The van der Waals surface area contributed by atoms with Gasteiger partial charge in [-0.3, -0.25) is 4.48 Å². The van der Waals surface area contributed by atoms with Crippen LogP contribution in [0.1, 0.15) is 71.6 Å². The summed E-state index contributed by atoms with van der Waals surface area (Å²) in [5.74, 6) is 1.34. The summed E-state index contributed by atoms with van der Waals surface area (Å²) < 4.78 is 0.941. The summed E-state index contributed by atoms with van der Waals surface area (Å²) in [5.41, 5.74) is 0. The first-order valence-electron chi connectivity index (χ1n) is 9.45. The van der Waals surface area contributed by atoms with E-state index >= 15 is 0 Å². The van der Waals surface area contributed by atoms with Crippen LogP contribution in [-0.2, 0) is 0 Å². The van der Waals surface area contributed by atoms with E-state index in [1.54, 1.807) is 0 Å². The fraction of sp³-hybridized carbons (Fsp3) is 0.842. The van der Waals surface area contributed by atoms with Gasteiger partial charge in [0.2, 0.25) is 0 Å². The van der Waals surface area contributed by atoms with Crippen molar-refractivity contribution >= 4 is 5.84 Å².